The number of ether oxygens (including phenoxy) is 2. The van der Waals surface area contributed by atoms with Gasteiger partial charge in [-0.25, -0.2) is 8.42 Å². The smallest absolute Gasteiger partial charge is 0.158 e. The van der Waals surface area contributed by atoms with Crippen LogP contribution in [0.15, 0.2) is 0 Å². The van der Waals surface area contributed by atoms with Crippen LogP contribution in [0.1, 0.15) is 19.3 Å². The second kappa shape index (κ2) is 5.00. The second-order valence-corrected chi connectivity index (χ2v) is 6.79. The van der Waals surface area contributed by atoms with Crippen molar-refractivity contribution in [3.05, 3.63) is 0 Å². The Balaban J connectivity index is 1.82. The molecule has 2 aliphatic rings. The molecular formula is C10H18O5S. The van der Waals surface area contributed by atoms with Gasteiger partial charge >= 0.3 is 0 Å². The van der Waals surface area contributed by atoms with E-state index in [-0.39, 0.29) is 30.7 Å². The van der Waals surface area contributed by atoms with Gasteiger partial charge in [0.05, 0.1) is 24.7 Å². The van der Waals surface area contributed by atoms with E-state index in [4.69, 9.17) is 14.6 Å². The van der Waals surface area contributed by atoms with Crippen molar-refractivity contribution in [2.45, 2.75) is 31.7 Å². The van der Waals surface area contributed by atoms with Crippen LogP contribution >= 0.6 is 0 Å². The van der Waals surface area contributed by atoms with Crippen molar-refractivity contribution in [1.29, 1.82) is 0 Å². The van der Waals surface area contributed by atoms with Gasteiger partial charge in [-0.05, 0) is 18.8 Å². The minimum Gasteiger partial charge on any atom is -0.394 e. The van der Waals surface area contributed by atoms with Gasteiger partial charge in [-0.1, -0.05) is 0 Å². The number of hydrogen-bond acceptors (Lipinski definition) is 5. The van der Waals surface area contributed by atoms with E-state index in [2.05, 4.69) is 0 Å². The van der Waals surface area contributed by atoms with Crippen molar-refractivity contribution in [2.75, 3.05) is 24.7 Å². The van der Waals surface area contributed by atoms with Crippen LogP contribution in [0.5, 0.6) is 0 Å². The van der Waals surface area contributed by atoms with Gasteiger partial charge in [0, 0.05) is 6.42 Å². The summed E-state index contributed by atoms with van der Waals surface area (Å²) in [6, 6.07) is 0. The molecule has 2 saturated heterocycles. The van der Waals surface area contributed by atoms with Crippen LogP contribution in [0.4, 0.5) is 0 Å². The zero-order chi connectivity index (χ0) is 11.6. The Bertz CT molecular complexity index is 326. The molecule has 0 amide bonds. The van der Waals surface area contributed by atoms with Crippen molar-refractivity contribution in [3.8, 4) is 0 Å². The molecule has 0 aromatic heterocycles. The molecule has 2 rings (SSSR count). The molecule has 3 unspecified atom stereocenters. The first-order valence-electron chi connectivity index (χ1n) is 5.67. The van der Waals surface area contributed by atoms with Crippen molar-refractivity contribution in [1.82, 2.24) is 0 Å². The van der Waals surface area contributed by atoms with Gasteiger partial charge in [-0.15, -0.1) is 0 Å². The van der Waals surface area contributed by atoms with Crippen LogP contribution in [0, 0.1) is 5.92 Å². The second-order valence-electron chi connectivity index (χ2n) is 4.56. The van der Waals surface area contributed by atoms with Crippen molar-refractivity contribution in [3.63, 3.8) is 0 Å². The van der Waals surface area contributed by atoms with Crippen molar-refractivity contribution < 1.29 is 23.0 Å². The van der Waals surface area contributed by atoms with Gasteiger partial charge in [-0.3, -0.25) is 0 Å². The fourth-order valence-electron chi connectivity index (χ4n) is 2.30. The first-order chi connectivity index (χ1) is 7.59. The monoisotopic (exact) mass is 250 g/mol. The first kappa shape index (κ1) is 12.3. The van der Waals surface area contributed by atoms with E-state index < -0.39 is 9.84 Å². The molecule has 5 nitrogen and oxygen atoms in total. The van der Waals surface area contributed by atoms with E-state index in [0.717, 1.165) is 12.8 Å². The van der Waals surface area contributed by atoms with E-state index in [1.165, 1.54) is 0 Å². The summed E-state index contributed by atoms with van der Waals surface area (Å²) in [6.45, 7) is 0.361. The molecule has 1 N–H and O–H groups in total. The van der Waals surface area contributed by atoms with Crippen LogP contribution in [0.25, 0.3) is 0 Å². The zero-order valence-corrected chi connectivity index (χ0v) is 9.99. The Hall–Kier alpha value is -0.170. The third kappa shape index (κ3) is 3.16. The van der Waals surface area contributed by atoms with E-state index in [0.29, 0.717) is 18.8 Å². The summed E-state index contributed by atoms with van der Waals surface area (Å²) in [4.78, 5) is 0. The topological polar surface area (TPSA) is 72.8 Å². The number of aliphatic hydroxyl groups excluding tert-OH is 1. The molecule has 6 heteroatoms. The maximum atomic E-state index is 11.4. The summed E-state index contributed by atoms with van der Waals surface area (Å²) in [5.74, 6) is 0.705. The fraction of sp³-hybridized carbons (Fsp3) is 1.00. The minimum absolute atomic E-state index is 0.0422. The molecule has 0 saturated carbocycles. The Morgan fingerprint density at radius 2 is 2.19 bits per heavy atom. The lowest BCUT2D eigenvalue weighted by Gasteiger charge is -2.23. The molecule has 0 aromatic rings. The largest absolute Gasteiger partial charge is 0.394 e. The highest BCUT2D eigenvalue weighted by Gasteiger charge is 2.31. The molecule has 0 bridgehead atoms. The standard InChI is InChI=1S/C10H18O5S/c11-5-9-6-14-10(15-9)4-8-2-1-3-16(12,13)7-8/h8-11H,1-7H2. The maximum absolute atomic E-state index is 11.4. The average Bonchev–Trinajstić information content (AvgIpc) is 2.64. The molecule has 2 heterocycles. The first-order valence-corrected chi connectivity index (χ1v) is 7.49. The van der Waals surface area contributed by atoms with Gasteiger partial charge in [0.1, 0.15) is 6.10 Å². The van der Waals surface area contributed by atoms with Crippen LogP contribution in [-0.4, -0.2) is 50.6 Å². The zero-order valence-electron chi connectivity index (χ0n) is 9.17. The number of hydrogen-bond donors (Lipinski definition) is 1. The summed E-state index contributed by atoms with van der Waals surface area (Å²) in [7, 11) is -2.85. The van der Waals surface area contributed by atoms with Crippen LogP contribution in [0.3, 0.4) is 0 Å². The lowest BCUT2D eigenvalue weighted by molar-refractivity contribution is -0.0770. The predicted molar refractivity (Wildman–Crippen MR) is 57.7 cm³/mol. The molecule has 2 aliphatic heterocycles. The lowest BCUT2D eigenvalue weighted by atomic mass is 10.0. The summed E-state index contributed by atoms with van der Waals surface area (Å²) in [5.41, 5.74) is 0. The van der Waals surface area contributed by atoms with Gasteiger partial charge in [0.25, 0.3) is 0 Å². The Morgan fingerprint density at radius 1 is 1.38 bits per heavy atom. The summed E-state index contributed by atoms with van der Waals surface area (Å²) < 4.78 is 33.6. The fourth-order valence-corrected chi connectivity index (χ4v) is 4.10. The van der Waals surface area contributed by atoms with E-state index in [9.17, 15) is 8.42 Å². The highest BCUT2D eigenvalue weighted by molar-refractivity contribution is 7.91. The molecule has 0 radical (unpaired) electrons. The van der Waals surface area contributed by atoms with Gasteiger partial charge < -0.3 is 14.6 Å². The highest BCUT2D eigenvalue weighted by atomic mass is 32.2. The number of sulfone groups is 1. The van der Waals surface area contributed by atoms with Gasteiger partial charge in [-0.2, -0.15) is 0 Å². The Morgan fingerprint density at radius 3 is 2.81 bits per heavy atom. The quantitative estimate of drug-likeness (QED) is 0.759. The molecule has 16 heavy (non-hydrogen) atoms. The van der Waals surface area contributed by atoms with Crippen molar-refractivity contribution in [2.24, 2.45) is 5.92 Å². The molecule has 3 atom stereocenters. The predicted octanol–water partition coefficient (Wildman–Crippen LogP) is -0.0649. The molecule has 2 fully saturated rings. The van der Waals surface area contributed by atoms with Crippen molar-refractivity contribution >= 4 is 9.84 Å². The Kier molecular flexibility index (Phi) is 3.84. The third-order valence-corrected chi connectivity index (χ3v) is 4.99. The molecule has 0 spiro atoms. The molecule has 0 aromatic carbocycles. The lowest BCUT2D eigenvalue weighted by Crippen LogP contribution is -2.28. The SMILES string of the molecule is O=S1(=O)CCCC(CC2OCC(CO)O2)C1. The third-order valence-electron chi connectivity index (χ3n) is 3.10. The normalized spacial score (nSPS) is 38.7. The van der Waals surface area contributed by atoms with Crippen LogP contribution in [0.2, 0.25) is 0 Å². The van der Waals surface area contributed by atoms with Crippen LogP contribution < -0.4 is 0 Å². The van der Waals surface area contributed by atoms with E-state index in [1.807, 2.05) is 0 Å². The molecular weight excluding hydrogens is 232 g/mol. The summed E-state index contributed by atoms with van der Waals surface area (Å²) in [6.07, 6.45) is 1.70. The molecule has 0 aliphatic carbocycles. The van der Waals surface area contributed by atoms with E-state index >= 15 is 0 Å². The Labute approximate surface area is 95.7 Å². The maximum Gasteiger partial charge on any atom is 0.158 e. The number of rotatable bonds is 3. The summed E-state index contributed by atoms with van der Waals surface area (Å²) in [5, 5.41) is 8.87. The average molecular weight is 250 g/mol. The number of aliphatic hydroxyl groups is 1. The minimum atomic E-state index is -2.85. The highest BCUT2D eigenvalue weighted by Crippen LogP contribution is 2.26. The van der Waals surface area contributed by atoms with E-state index in [1.54, 1.807) is 0 Å². The van der Waals surface area contributed by atoms with Gasteiger partial charge in [0.15, 0.2) is 16.1 Å². The summed E-state index contributed by atoms with van der Waals surface area (Å²) >= 11 is 0. The molecule has 94 valence electrons. The van der Waals surface area contributed by atoms with Crippen LogP contribution in [-0.2, 0) is 19.3 Å². The van der Waals surface area contributed by atoms with Gasteiger partial charge in [0.2, 0.25) is 0 Å².